The van der Waals surface area contributed by atoms with Crippen molar-refractivity contribution in [2.75, 3.05) is 0 Å². The first-order valence-corrected chi connectivity index (χ1v) is 9.05. The van der Waals surface area contributed by atoms with E-state index in [-0.39, 0.29) is 0 Å². The van der Waals surface area contributed by atoms with Gasteiger partial charge in [0.25, 0.3) is 5.22 Å². The van der Waals surface area contributed by atoms with Gasteiger partial charge in [-0.3, -0.25) is 4.98 Å². The number of hydrogen-bond acceptors (Lipinski definition) is 5. The highest BCUT2D eigenvalue weighted by molar-refractivity contribution is 7.98. The first-order chi connectivity index (χ1) is 12.2. The van der Waals surface area contributed by atoms with Crippen LogP contribution in [0.25, 0.3) is 22.4 Å². The summed E-state index contributed by atoms with van der Waals surface area (Å²) in [5.74, 6) is 1.30. The molecule has 0 amide bonds. The second kappa shape index (κ2) is 6.69. The van der Waals surface area contributed by atoms with E-state index in [0.29, 0.717) is 11.1 Å². The second-order valence-corrected chi connectivity index (χ2v) is 6.96. The van der Waals surface area contributed by atoms with E-state index >= 15 is 0 Å². The third kappa shape index (κ3) is 3.42. The Hall–Kier alpha value is -2.66. The summed E-state index contributed by atoms with van der Waals surface area (Å²) < 4.78 is 5.83. The Morgan fingerprint density at radius 1 is 0.960 bits per heavy atom. The summed E-state index contributed by atoms with van der Waals surface area (Å²) in [6, 6.07) is 16.5. The molecule has 4 aromatic rings. The van der Waals surface area contributed by atoms with Crippen molar-refractivity contribution in [3.63, 3.8) is 0 Å². The van der Waals surface area contributed by atoms with E-state index in [0.717, 1.165) is 27.8 Å². The van der Waals surface area contributed by atoms with Crippen LogP contribution in [-0.2, 0) is 5.75 Å². The summed E-state index contributed by atoms with van der Waals surface area (Å²) in [7, 11) is 0. The van der Waals surface area contributed by atoms with Gasteiger partial charge in [-0.1, -0.05) is 53.2 Å². The van der Waals surface area contributed by atoms with Crippen LogP contribution in [0.15, 0.2) is 64.4 Å². The van der Waals surface area contributed by atoms with Crippen LogP contribution in [0.5, 0.6) is 0 Å². The van der Waals surface area contributed by atoms with Gasteiger partial charge in [-0.05, 0) is 37.6 Å². The average molecular weight is 347 g/mol. The molecule has 2 aromatic carbocycles. The van der Waals surface area contributed by atoms with Gasteiger partial charge in [0.1, 0.15) is 0 Å². The number of para-hydroxylation sites is 1. The molecule has 0 saturated carbocycles. The van der Waals surface area contributed by atoms with E-state index in [2.05, 4.69) is 71.5 Å². The molecule has 4 rings (SSSR count). The first kappa shape index (κ1) is 15.8. The lowest BCUT2D eigenvalue weighted by molar-refractivity contribution is 0.466. The maximum absolute atomic E-state index is 5.83. The van der Waals surface area contributed by atoms with Gasteiger partial charge < -0.3 is 4.42 Å². The Morgan fingerprint density at radius 2 is 1.76 bits per heavy atom. The normalized spacial score (nSPS) is 11.1. The molecule has 0 aliphatic heterocycles. The summed E-state index contributed by atoms with van der Waals surface area (Å²) in [5, 5.41) is 10.1. The number of hydrogen-bond donors (Lipinski definition) is 0. The van der Waals surface area contributed by atoms with E-state index in [1.807, 2.05) is 12.3 Å². The van der Waals surface area contributed by atoms with Crippen molar-refractivity contribution in [2.24, 2.45) is 0 Å². The Labute approximate surface area is 150 Å². The summed E-state index contributed by atoms with van der Waals surface area (Å²) in [4.78, 5) is 4.49. The van der Waals surface area contributed by atoms with Crippen molar-refractivity contribution in [3.05, 3.63) is 71.4 Å². The van der Waals surface area contributed by atoms with Gasteiger partial charge >= 0.3 is 0 Å². The van der Waals surface area contributed by atoms with E-state index in [4.69, 9.17) is 4.42 Å². The van der Waals surface area contributed by atoms with Crippen LogP contribution in [0.2, 0.25) is 0 Å². The number of pyridine rings is 1. The number of rotatable bonds is 4. The number of fused-ring (bicyclic) bond motifs is 1. The van der Waals surface area contributed by atoms with Gasteiger partial charge in [0, 0.05) is 22.9 Å². The van der Waals surface area contributed by atoms with Crippen molar-refractivity contribution < 1.29 is 4.42 Å². The summed E-state index contributed by atoms with van der Waals surface area (Å²) in [6.45, 7) is 4.13. The quantitative estimate of drug-likeness (QED) is 0.475. The SMILES string of the molecule is Cc1cc(C)cc(-c2nnc(SCc3cccc4cccnc34)o2)c1. The smallest absolute Gasteiger partial charge is 0.277 e. The van der Waals surface area contributed by atoms with Gasteiger partial charge in [0.05, 0.1) is 5.52 Å². The number of aromatic nitrogens is 3. The van der Waals surface area contributed by atoms with E-state index in [1.54, 1.807) is 0 Å². The number of thioether (sulfide) groups is 1. The molecule has 0 atom stereocenters. The monoisotopic (exact) mass is 347 g/mol. The van der Waals surface area contributed by atoms with Crippen LogP contribution in [0.3, 0.4) is 0 Å². The molecule has 0 radical (unpaired) electrons. The molecule has 124 valence electrons. The molecule has 0 unspecified atom stereocenters. The van der Waals surface area contributed by atoms with Crippen LogP contribution >= 0.6 is 11.8 Å². The molecule has 0 saturated heterocycles. The predicted molar refractivity (Wildman–Crippen MR) is 101 cm³/mol. The number of nitrogens with zero attached hydrogens (tertiary/aromatic N) is 3. The minimum atomic E-state index is 0.561. The molecule has 0 aliphatic carbocycles. The lowest BCUT2D eigenvalue weighted by Crippen LogP contribution is -1.86. The molecule has 0 fully saturated rings. The van der Waals surface area contributed by atoms with Crippen LogP contribution in [-0.4, -0.2) is 15.2 Å². The van der Waals surface area contributed by atoms with Gasteiger partial charge in [-0.2, -0.15) is 0 Å². The van der Waals surface area contributed by atoms with Crippen LogP contribution < -0.4 is 0 Å². The maximum atomic E-state index is 5.83. The van der Waals surface area contributed by atoms with E-state index in [1.165, 1.54) is 22.9 Å². The molecule has 2 heterocycles. The topological polar surface area (TPSA) is 51.8 Å². The van der Waals surface area contributed by atoms with Gasteiger partial charge in [-0.25, -0.2) is 0 Å². The second-order valence-electron chi connectivity index (χ2n) is 6.03. The lowest BCUT2D eigenvalue weighted by atomic mass is 10.1. The lowest BCUT2D eigenvalue weighted by Gasteiger charge is -2.03. The van der Waals surface area contributed by atoms with Gasteiger partial charge in [0.2, 0.25) is 5.89 Å². The largest absolute Gasteiger partial charge is 0.411 e. The summed E-state index contributed by atoms with van der Waals surface area (Å²) >= 11 is 1.53. The fourth-order valence-corrected chi connectivity index (χ4v) is 3.65. The molecule has 0 aliphatic rings. The van der Waals surface area contributed by atoms with Crippen molar-refractivity contribution in [1.29, 1.82) is 0 Å². The number of aryl methyl sites for hydroxylation is 2. The average Bonchev–Trinajstić information content (AvgIpc) is 3.08. The summed E-state index contributed by atoms with van der Waals surface area (Å²) in [6.07, 6.45) is 1.82. The van der Waals surface area contributed by atoms with Crippen LogP contribution in [0.1, 0.15) is 16.7 Å². The van der Waals surface area contributed by atoms with Crippen molar-refractivity contribution in [1.82, 2.24) is 15.2 Å². The highest BCUT2D eigenvalue weighted by Gasteiger charge is 2.11. The molecule has 2 aromatic heterocycles. The standard InChI is InChI=1S/C20H17N3OS/c1-13-9-14(2)11-17(10-13)19-22-23-20(24-19)25-12-16-6-3-5-15-7-4-8-21-18(15)16/h3-11H,12H2,1-2H3. The highest BCUT2D eigenvalue weighted by Crippen LogP contribution is 2.28. The van der Waals surface area contributed by atoms with Crippen molar-refractivity contribution in [2.45, 2.75) is 24.8 Å². The predicted octanol–water partition coefficient (Wildman–Crippen LogP) is 5.19. The third-order valence-electron chi connectivity index (χ3n) is 3.94. The molecular weight excluding hydrogens is 330 g/mol. The molecular formula is C20H17N3OS. The van der Waals surface area contributed by atoms with Crippen molar-refractivity contribution in [3.8, 4) is 11.5 Å². The Balaban J connectivity index is 1.55. The molecule has 0 bridgehead atoms. The van der Waals surface area contributed by atoms with Crippen LogP contribution in [0, 0.1) is 13.8 Å². The zero-order valence-electron chi connectivity index (χ0n) is 14.1. The van der Waals surface area contributed by atoms with Gasteiger partial charge in [0.15, 0.2) is 0 Å². The highest BCUT2D eigenvalue weighted by atomic mass is 32.2. The van der Waals surface area contributed by atoms with E-state index in [9.17, 15) is 0 Å². The molecule has 25 heavy (non-hydrogen) atoms. The first-order valence-electron chi connectivity index (χ1n) is 8.07. The Morgan fingerprint density at radius 3 is 2.60 bits per heavy atom. The van der Waals surface area contributed by atoms with E-state index < -0.39 is 0 Å². The minimum absolute atomic E-state index is 0.561. The number of benzene rings is 2. The molecule has 5 heteroatoms. The Bertz CT molecular complexity index is 1020. The summed E-state index contributed by atoms with van der Waals surface area (Å²) in [5.41, 5.74) is 5.51. The molecule has 0 N–H and O–H groups in total. The molecule has 4 nitrogen and oxygen atoms in total. The molecule has 0 spiro atoms. The Kier molecular flexibility index (Phi) is 4.24. The van der Waals surface area contributed by atoms with Crippen LogP contribution in [0.4, 0.5) is 0 Å². The fourth-order valence-electron chi connectivity index (χ4n) is 2.91. The fraction of sp³-hybridized carbons (Fsp3) is 0.150. The van der Waals surface area contributed by atoms with Gasteiger partial charge in [-0.15, -0.1) is 10.2 Å². The zero-order valence-corrected chi connectivity index (χ0v) is 14.9. The zero-order chi connectivity index (χ0) is 17.2. The minimum Gasteiger partial charge on any atom is -0.411 e. The maximum Gasteiger partial charge on any atom is 0.277 e. The van der Waals surface area contributed by atoms with Crippen molar-refractivity contribution >= 4 is 22.7 Å². The third-order valence-corrected chi connectivity index (χ3v) is 4.81.